The topological polar surface area (TPSA) is 67.9 Å². The number of nitrogens with zero attached hydrogens (tertiary/aromatic N) is 1. The fraction of sp³-hybridized carbons (Fsp3) is 0.364. The molecular formula is C22H25ClN2O4. The molecule has 0 unspecified atom stereocenters. The minimum absolute atomic E-state index is 0.279. The highest BCUT2D eigenvalue weighted by molar-refractivity contribution is 6.31. The molecule has 1 aliphatic heterocycles. The normalized spacial score (nSPS) is 13.7. The summed E-state index contributed by atoms with van der Waals surface area (Å²) in [4.78, 5) is 26.1. The van der Waals surface area contributed by atoms with E-state index in [-0.39, 0.29) is 13.2 Å². The van der Waals surface area contributed by atoms with Gasteiger partial charge in [-0.25, -0.2) is 4.79 Å². The number of carbonyl (C=O) groups is 2. The number of carbonyl (C=O) groups excluding carboxylic acids is 2. The third kappa shape index (κ3) is 6.39. The van der Waals surface area contributed by atoms with Crippen LogP contribution in [0.2, 0.25) is 5.02 Å². The first-order chi connectivity index (χ1) is 14.0. The summed E-state index contributed by atoms with van der Waals surface area (Å²) < 4.78 is 10.3. The first-order valence-electron chi connectivity index (χ1n) is 9.71. The second-order valence-corrected chi connectivity index (χ2v) is 7.41. The lowest BCUT2D eigenvalue weighted by Crippen LogP contribution is -2.29. The van der Waals surface area contributed by atoms with Gasteiger partial charge in [-0.3, -0.25) is 4.79 Å². The molecule has 0 spiro atoms. The van der Waals surface area contributed by atoms with E-state index in [9.17, 15) is 9.59 Å². The second kappa shape index (κ2) is 10.2. The number of aryl methyl sites for hydroxylation is 1. The zero-order valence-corrected chi connectivity index (χ0v) is 17.2. The summed E-state index contributed by atoms with van der Waals surface area (Å²) in [5.74, 6) is -0.498. The molecule has 3 rings (SSSR count). The van der Waals surface area contributed by atoms with Gasteiger partial charge in [0.25, 0.3) is 5.91 Å². The molecule has 2 aromatic rings. The highest BCUT2D eigenvalue weighted by Gasteiger charge is 2.12. The van der Waals surface area contributed by atoms with Crippen molar-refractivity contribution >= 4 is 34.9 Å². The van der Waals surface area contributed by atoms with E-state index in [0.717, 1.165) is 24.3 Å². The van der Waals surface area contributed by atoms with Crippen LogP contribution in [0.25, 0.3) is 0 Å². The Morgan fingerprint density at radius 3 is 2.45 bits per heavy atom. The maximum Gasteiger partial charge on any atom is 0.344 e. The number of esters is 1. The maximum atomic E-state index is 12.0. The predicted molar refractivity (Wildman–Crippen MR) is 114 cm³/mol. The van der Waals surface area contributed by atoms with Crippen molar-refractivity contribution < 1.29 is 19.1 Å². The quantitative estimate of drug-likeness (QED) is 0.685. The average molecular weight is 417 g/mol. The van der Waals surface area contributed by atoms with E-state index in [4.69, 9.17) is 21.1 Å². The van der Waals surface area contributed by atoms with Crippen LogP contribution in [-0.2, 0) is 14.3 Å². The van der Waals surface area contributed by atoms with Gasteiger partial charge in [0.15, 0.2) is 13.2 Å². The fourth-order valence-corrected chi connectivity index (χ4v) is 3.26. The Kier molecular flexibility index (Phi) is 7.36. The van der Waals surface area contributed by atoms with Crippen LogP contribution in [0.3, 0.4) is 0 Å². The summed E-state index contributed by atoms with van der Waals surface area (Å²) in [5, 5.41) is 3.35. The summed E-state index contributed by atoms with van der Waals surface area (Å²) in [6.07, 6.45) is 3.71. The molecule has 1 aliphatic rings. The van der Waals surface area contributed by atoms with Crippen LogP contribution in [0.1, 0.15) is 24.8 Å². The van der Waals surface area contributed by atoms with Crippen molar-refractivity contribution in [3.63, 3.8) is 0 Å². The van der Waals surface area contributed by atoms with Gasteiger partial charge in [-0.05, 0) is 74.2 Å². The van der Waals surface area contributed by atoms with Gasteiger partial charge >= 0.3 is 5.97 Å². The van der Waals surface area contributed by atoms with Crippen LogP contribution in [0, 0.1) is 6.92 Å². The summed E-state index contributed by atoms with van der Waals surface area (Å²) >= 11 is 5.95. The van der Waals surface area contributed by atoms with Crippen molar-refractivity contribution in [3.8, 4) is 5.75 Å². The highest BCUT2D eigenvalue weighted by Crippen LogP contribution is 2.22. The molecule has 1 heterocycles. The number of hydrogen-bond donors (Lipinski definition) is 1. The molecule has 0 atom stereocenters. The number of nitrogens with one attached hydrogen (secondary N) is 1. The minimum Gasteiger partial charge on any atom is -0.482 e. The Morgan fingerprint density at radius 1 is 1.03 bits per heavy atom. The molecule has 154 valence electrons. The number of rotatable bonds is 7. The molecule has 0 saturated carbocycles. The number of anilines is 2. The van der Waals surface area contributed by atoms with Gasteiger partial charge in [0.05, 0.1) is 0 Å². The molecule has 0 bridgehead atoms. The van der Waals surface area contributed by atoms with Crippen molar-refractivity contribution in [2.45, 2.75) is 26.2 Å². The number of amides is 1. The van der Waals surface area contributed by atoms with Crippen molar-refractivity contribution in [3.05, 3.63) is 53.1 Å². The fourth-order valence-electron chi connectivity index (χ4n) is 3.14. The summed E-state index contributed by atoms with van der Waals surface area (Å²) in [6.45, 7) is 3.34. The Labute approximate surface area is 175 Å². The summed E-state index contributed by atoms with van der Waals surface area (Å²) in [5.41, 5.74) is 2.67. The van der Waals surface area contributed by atoms with Gasteiger partial charge in [0, 0.05) is 29.5 Å². The molecule has 1 N–H and O–H groups in total. The van der Waals surface area contributed by atoms with Crippen LogP contribution in [-0.4, -0.2) is 38.2 Å². The van der Waals surface area contributed by atoms with Gasteiger partial charge in [-0.1, -0.05) is 11.6 Å². The van der Waals surface area contributed by atoms with E-state index in [1.54, 1.807) is 18.2 Å². The van der Waals surface area contributed by atoms with Crippen LogP contribution < -0.4 is 15.0 Å². The molecule has 1 fully saturated rings. The van der Waals surface area contributed by atoms with Crippen LogP contribution in [0.5, 0.6) is 5.75 Å². The lowest BCUT2D eigenvalue weighted by molar-refractivity contribution is -0.149. The third-order valence-electron chi connectivity index (χ3n) is 4.72. The smallest absolute Gasteiger partial charge is 0.344 e. The highest BCUT2D eigenvalue weighted by atomic mass is 35.5. The number of piperidine rings is 1. The van der Waals surface area contributed by atoms with E-state index >= 15 is 0 Å². The zero-order chi connectivity index (χ0) is 20.6. The molecule has 2 aromatic carbocycles. The number of hydrogen-bond acceptors (Lipinski definition) is 5. The Balaban J connectivity index is 1.39. The Bertz CT molecular complexity index is 848. The van der Waals surface area contributed by atoms with E-state index in [2.05, 4.69) is 10.2 Å². The summed E-state index contributed by atoms with van der Waals surface area (Å²) in [7, 11) is 0. The first kappa shape index (κ1) is 21.0. The Hall–Kier alpha value is -2.73. The molecule has 6 nitrogen and oxygen atoms in total. The van der Waals surface area contributed by atoms with Crippen LogP contribution >= 0.6 is 11.6 Å². The minimum atomic E-state index is -0.617. The molecule has 1 amide bonds. The lowest BCUT2D eigenvalue weighted by atomic mass is 10.1. The molecule has 1 saturated heterocycles. The van der Waals surface area contributed by atoms with Crippen molar-refractivity contribution in [1.82, 2.24) is 0 Å². The number of benzene rings is 2. The second-order valence-electron chi connectivity index (χ2n) is 7.00. The van der Waals surface area contributed by atoms with Gasteiger partial charge in [0.1, 0.15) is 5.75 Å². The predicted octanol–water partition coefficient (Wildman–Crippen LogP) is 4.20. The first-order valence-corrected chi connectivity index (χ1v) is 10.1. The summed E-state index contributed by atoms with van der Waals surface area (Å²) in [6, 6.07) is 12.8. The van der Waals surface area contributed by atoms with Crippen LogP contribution in [0.15, 0.2) is 42.5 Å². The largest absolute Gasteiger partial charge is 0.482 e. The van der Waals surface area contributed by atoms with Gasteiger partial charge in [0.2, 0.25) is 0 Å². The molecule has 0 aromatic heterocycles. The standard InChI is InChI=1S/C22H25ClN2O4/c1-16-13-19(9-10-20(16)23)28-15-22(27)29-14-21(26)24-17-5-7-18(8-6-17)25-11-3-2-4-12-25/h5-10,13H,2-4,11-12,14-15H2,1H3,(H,24,26). The lowest BCUT2D eigenvalue weighted by Gasteiger charge is -2.28. The number of halogens is 1. The van der Waals surface area contributed by atoms with Gasteiger partial charge < -0.3 is 19.7 Å². The number of ether oxygens (including phenoxy) is 2. The van der Waals surface area contributed by atoms with E-state index in [0.29, 0.717) is 16.5 Å². The molecule has 7 heteroatoms. The molecule has 0 aliphatic carbocycles. The van der Waals surface area contributed by atoms with Crippen molar-refractivity contribution in [1.29, 1.82) is 0 Å². The SMILES string of the molecule is Cc1cc(OCC(=O)OCC(=O)Nc2ccc(N3CCCCC3)cc2)ccc1Cl. The third-order valence-corrected chi connectivity index (χ3v) is 5.15. The Morgan fingerprint density at radius 2 is 1.76 bits per heavy atom. The zero-order valence-electron chi connectivity index (χ0n) is 16.4. The van der Waals surface area contributed by atoms with Gasteiger partial charge in [-0.2, -0.15) is 0 Å². The molecule has 0 radical (unpaired) electrons. The van der Waals surface area contributed by atoms with Gasteiger partial charge in [-0.15, -0.1) is 0 Å². The van der Waals surface area contributed by atoms with E-state index in [1.807, 2.05) is 31.2 Å². The van der Waals surface area contributed by atoms with Crippen molar-refractivity contribution in [2.24, 2.45) is 0 Å². The van der Waals surface area contributed by atoms with E-state index < -0.39 is 11.9 Å². The monoisotopic (exact) mass is 416 g/mol. The molecule has 29 heavy (non-hydrogen) atoms. The average Bonchev–Trinajstić information content (AvgIpc) is 2.74. The molecular weight excluding hydrogens is 392 g/mol. The van der Waals surface area contributed by atoms with E-state index in [1.165, 1.54) is 19.3 Å². The maximum absolute atomic E-state index is 12.0. The van der Waals surface area contributed by atoms with Crippen LogP contribution in [0.4, 0.5) is 11.4 Å². The van der Waals surface area contributed by atoms with Crippen molar-refractivity contribution in [2.75, 3.05) is 36.5 Å².